The third-order valence-corrected chi connectivity index (χ3v) is 2.40. The summed E-state index contributed by atoms with van der Waals surface area (Å²) in [5.74, 6) is 0. The number of carbonyl (C=O) groups is 1. The van der Waals surface area contributed by atoms with Gasteiger partial charge in [-0.3, -0.25) is 0 Å². The molecular weight excluding hydrogens is 238 g/mol. The monoisotopic (exact) mass is 259 g/mol. The number of benzene rings is 1. The van der Waals surface area contributed by atoms with Gasteiger partial charge < -0.3 is 10.1 Å². The summed E-state index contributed by atoms with van der Waals surface area (Å²) in [7, 11) is 0. The minimum absolute atomic E-state index is 0.310. The first-order chi connectivity index (χ1) is 9.18. The van der Waals surface area contributed by atoms with Crippen molar-refractivity contribution in [2.24, 2.45) is 0 Å². The van der Waals surface area contributed by atoms with E-state index in [0.717, 1.165) is 24.0 Å². The van der Waals surface area contributed by atoms with E-state index in [1.807, 2.05) is 50.3 Å². The highest BCUT2D eigenvalue weighted by Crippen LogP contribution is 2.00. The Morgan fingerprint density at radius 1 is 1.32 bits per heavy atom. The molecule has 0 aliphatic heterocycles. The van der Waals surface area contributed by atoms with Gasteiger partial charge in [-0.15, -0.1) is 5.73 Å². The summed E-state index contributed by atoms with van der Waals surface area (Å²) in [4.78, 5) is 11.4. The number of amides is 1. The van der Waals surface area contributed by atoms with E-state index in [9.17, 15) is 4.79 Å². The number of carbonyl (C=O) groups excluding carboxylic acids is 1. The van der Waals surface area contributed by atoms with Gasteiger partial charge in [0.05, 0.1) is 0 Å². The standard InChI is InChI=1S/C16H21NO2/c1-14(2)9-5-4-8-12-17-16(18)19-13-15-10-6-3-7-11-15/h3,5-7,10-11H,4,8,12-13H2,1-2H3,(H,17,18). The Morgan fingerprint density at radius 3 is 2.74 bits per heavy atom. The number of allylic oxidation sites excluding steroid dienone is 1. The van der Waals surface area contributed by atoms with Gasteiger partial charge in [0, 0.05) is 6.54 Å². The van der Waals surface area contributed by atoms with E-state index in [1.165, 1.54) is 0 Å². The number of hydrogen-bond acceptors (Lipinski definition) is 2. The van der Waals surface area contributed by atoms with E-state index in [4.69, 9.17) is 4.74 Å². The number of ether oxygens (including phenoxy) is 1. The Morgan fingerprint density at radius 2 is 2.05 bits per heavy atom. The molecule has 0 atom stereocenters. The van der Waals surface area contributed by atoms with Gasteiger partial charge in [0.25, 0.3) is 0 Å². The topological polar surface area (TPSA) is 38.3 Å². The van der Waals surface area contributed by atoms with E-state index >= 15 is 0 Å². The number of rotatable bonds is 6. The van der Waals surface area contributed by atoms with Gasteiger partial charge in [0.1, 0.15) is 6.61 Å². The van der Waals surface area contributed by atoms with Crippen LogP contribution in [-0.2, 0) is 11.3 Å². The Balaban J connectivity index is 2.10. The highest BCUT2D eigenvalue weighted by atomic mass is 16.5. The first kappa shape index (κ1) is 15.1. The second-order valence-electron chi connectivity index (χ2n) is 4.48. The van der Waals surface area contributed by atoms with E-state index in [1.54, 1.807) is 0 Å². The molecule has 0 aliphatic carbocycles. The van der Waals surface area contributed by atoms with E-state index < -0.39 is 0 Å². The summed E-state index contributed by atoms with van der Waals surface area (Å²) in [5.41, 5.74) is 5.28. The highest BCUT2D eigenvalue weighted by Gasteiger charge is 2.00. The summed E-state index contributed by atoms with van der Waals surface area (Å²) in [5, 5.41) is 2.73. The van der Waals surface area contributed by atoms with Crippen molar-refractivity contribution in [3.05, 3.63) is 53.3 Å². The van der Waals surface area contributed by atoms with E-state index in [0.29, 0.717) is 13.2 Å². The van der Waals surface area contributed by atoms with Crippen LogP contribution in [0, 0.1) is 0 Å². The minimum Gasteiger partial charge on any atom is -0.445 e. The Labute approximate surface area is 115 Å². The summed E-state index contributed by atoms with van der Waals surface area (Å²) < 4.78 is 5.09. The Hall–Kier alpha value is -1.99. The molecule has 0 aromatic heterocycles. The summed E-state index contributed by atoms with van der Waals surface area (Å²) >= 11 is 0. The van der Waals surface area contributed by atoms with Crippen molar-refractivity contribution in [1.29, 1.82) is 0 Å². The predicted molar refractivity (Wildman–Crippen MR) is 76.8 cm³/mol. The Kier molecular flexibility index (Phi) is 7.14. The fraction of sp³-hybridized carbons (Fsp3) is 0.375. The maximum absolute atomic E-state index is 11.4. The van der Waals surface area contributed by atoms with Crippen LogP contribution >= 0.6 is 0 Å². The maximum atomic E-state index is 11.4. The van der Waals surface area contributed by atoms with E-state index in [-0.39, 0.29) is 6.09 Å². The molecule has 0 fully saturated rings. The molecule has 0 heterocycles. The Bertz CT molecular complexity index is 441. The number of hydrogen-bond donors (Lipinski definition) is 1. The third-order valence-electron chi connectivity index (χ3n) is 2.40. The number of alkyl carbamates (subject to hydrolysis) is 1. The summed E-state index contributed by atoms with van der Waals surface area (Å²) in [6.07, 6.45) is 3.42. The van der Waals surface area contributed by atoms with Crippen LogP contribution in [0.25, 0.3) is 0 Å². The molecule has 0 saturated carbocycles. The molecule has 102 valence electrons. The van der Waals surface area contributed by atoms with Gasteiger partial charge in [-0.1, -0.05) is 30.3 Å². The number of nitrogens with one attached hydrogen (secondary N) is 1. The smallest absolute Gasteiger partial charge is 0.407 e. The molecular formula is C16H21NO2. The lowest BCUT2D eigenvalue weighted by Crippen LogP contribution is -2.25. The molecule has 1 amide bonds. The van der Waals surface area contributed by atoms with Crippen molar-refractivity contribution in [2.45, 2.75) is 33.3 Å². The molecule has 0 saturated heterocycles. The average molecular weight is 259 g/mol. The minimum atomic E-state index is -0.366. The van der Waals surface area contributed by atoms with Crippen LogP contribution in [0.5, 0.6) is 0 Å². The molecule has 1 N–H and O–H groups in total. The fourth-order valence-electron chi connectivity index (χ4n) is 1.45. The van der Waals surface area contributed by atoms with Crippen molar-refractivity contribution < 1.29 is 9.53 Å². The van der Waals surface area contributed by atoms with Crippen LogP contribution in [0.1, 0.15) is 32.3 Å². The third kappa shape index (κ3) is 7.85. The molecule has 0 bridgehead atoms. The summed E-state index contributed by atoms with van der Waals surface area (Å²) in [6, 6.07) is 9.64. The van der Waals surface area contributed by atoms with Crippen molar-refractivity contribution in [1.82, 2.24) is 5.32 Å². The van der Waals surface area contributed by atoms with Crippen LogP contribution in [0.4, 0.5) is 4.79 Å². The molecule has 1 rings (SSSR count). The first-order valence-corrected chi connectivity index (χ1v) is 6.51. The molecule has 0 unspecified atom stereocenters. The van der Waals surface area contributed by atoms with Crippen LogP contribution in [-0.4, -0.2) is 12.6 Å². The van der Waals surface area contributed by atoms with Crippen molar-refractivity contribution in [3.8, 4) is 0 Å². The van der Waals surface area contributed by atoms with Gasteiger partial charge in [0.15, 0.2) is 0 Å². The zero-order valence-electron chi connectivity index (χ0n) is 11.6. The second-order valence-corrected chi connectivity index (χ2v) is 4.48. The molecule has 19 heavy (non-hydrogen) atoms. The molecule has 3 heteroatoms. The van der Waals surface area contributed by atoms with Gasteiger partial charge in [-0.05, 0) is 43.9 Å². The first-order valence-electron chi connectivity index (χ1n) is 6.51. The van der Waals surface area contributed by atoms with Gasteiger partial charge in [-0.25, -0.2) is 4.79 Å². The lowest BCUT2D eigenvalue weighted by Gasteiger charge is -2.06. The van der Waals surface area contributed by atoms with Gasteiger partial charge in [0.2, 0.25) is 0 Å². The zero-order chi connectivity index (χ0) is 13.9. The average Bonchev–Trinajstić information content (AvgIpc) is 2.41. The molecule has 0 spiro atoms. The fourth-order valence-corrected chi connectivity index (χ4v) is 1.45. The van der Waals surface area contributed by atoms with Crippen molar-refractivity contribution in [2.75, 3.05) is 6.54 Å². The quantitative estimate of drug-likeness (QED) is 0.623. The predicted octanol–water partition coefficient (Wildman–Crippen LogP) is 3.81. The zero-order valence-corrected chi connectivity index (χ0v) is 11.6. The van der Waals surface area contributed by atoms with Crippen LogP contribution in [0.15, 0.2) is 47.7 Å². The molecule has 1 aromatic carbocycles. The van der Waals surface area contributed by atoms with Crippen molar-refractivity contribution in [3.63, 3.8) is 0 Å². The van der Waals surface area contributed by atoms with Crippen LogP contribution in [0.2, 0.25) is 0 Å². The molecule has 0 aliphatic rings. The van der Waals surface area contributed by atoms with Crippen LogP contribution in [0.3, 0.4) is 0 Å². The van der Waals surface area contributed by atoms with Gasteiger partial charge in [-0.2, -0.15) is 0 Å². The molecule has 1 aromatic rings. The number of unbranched alkanes of at least 4 members (excludes halogenated alkanes) is 1. The molecule has 0 radical (unpaired) electrons. The lowest BCUT2D eigenvalue weighted by molar-refractivity contribution is 0.139. The normalized spacial score (nSPS) is 9.37. The second kappa shape index (κ2) is 9.01. The van der Waals surface area contributed by atoms with Crippen molar-refractivity contribution >= 4 is 6.09 Å². The van der Waals surface area contributed by atoms with E-state index in [2.05, 4.69) is 11.0 Å². The SMILES string of the molecule is CC(C)=C=CCCCNC(=O)OCc1ccccc1. The van der Waals surface area contributed by atoms with Crippen LogP contribution < -0.4 is 5.32 Å². The molecule has 3 nitrogen and oxygen atoms in total. The lowest BCUT2D eigenvalue weighted by atomic mass is 10.2. The highest BCUT2D eigenvalue weighted by molar-refractivity contribution is 5.67. The summed E-state index contributed by atoms with van der Waals surface area (Å²) in [6.45, 7) is 4.95. The van der Waals surface area contributed by atoms with Gasteiger partial charge >= 0.3 is 6.09 Å². The maximum Gasteiger partial charge on any atom is 0.407 e. The largest absolute Gasteiger partial charge is 0.445 e.